The number of carbonyl (C=O) groups is 2. The van der Waals surface area contributed by atoms with Gasteiger partial charge in [0.05, 0.1) is 0 Å². The fourth-order valence-electron chi connectivity index (χ4n) is 1.75. The quantitative estimate of drug-likeness (QED) is 0.827. The van der Waals surface area contributed by atoms with E-state index in [1.807, 2.05) is 20.8 Å². The van der Waals surface area contributed by atoms with Gasteiger partial charge in [-0.05, 0) is 31.2 Å². The van der Waals surface area contributed by atoms with Crippen LogP contribution < -0.4 is 10.6 Å². The molecule has 1 heterocycles. The third-order valence-corrected chi connectivity index (χ3v) is 3.04. The monoisotopic (exact) mass is 305 g/mol. The Labute approximate surface area is 131 Å². The van der Waals surface area contributed by atoms with Crippen LogP contribution in [0.5, 0.6) is 0 Å². The highest BCUT2D eigenvalue weighted by atomic mass is 16.5. The lowest BCUT2D eigenvalue weighted by Gasteiger charge is -2.12. The van der Waals surface area contributed by atoms with Crippen LogP contribution >= 0.6 is 0 Å². The summed E-state index contributed by atoms with van der Waals surface area (Å²) in [5.74, 6) is 1.02. The molecule has 2 aromatic rings. The zero-order valence-corrected chi connectivity index (χ0v) is 13.1. The number of amides is 2. The standard InChI is InChI=1S/C16H19N3O3.2H2/c1-10(20)11-5-7-12(8-6-11)17-15(21)18-14-9-13(22-19-14)16(2,3)4;;/h5-9H,1-4H3,(H2,17,18,19,21);2*1H. The molecule has 0 spiro atoms. The number of rotatable bonds is 3. The molecule has 1 aromatic carbocycles. The first-order valence-corrected chi connectivity index (χ1v) is 6.92. The summed E-state index contributed by atoms with van der Waals surface area (Å²) in [5.41, 5.74) is 1.01. The Morgan fingerprint density at radius 1 is 1.14 bits per heavy atom. The van der Waals surface area contributed by atoms with Gasteiger partial charge in [-0.25, -0.2) is 4.79 Å². The Morgan fingerprint density at radius 2 is 1.77 bits per heavy atom. The van der Waals surface area contributed by atoms with Crippen molar-refractivity contribution in [3.8, 4) is 0 Å². The van der Waals surface area contributed by atoms with Crippen molar-refractivity contribution in [2.24, 2.45) is 0 Å². The van der Waals surface area contributed by atoms with E-state index in [1.54, 1.807) is 30.3 Å². The average Bonchev–Trinajstić information content (AvgIpc) is 2.87. The summed E-state index contributed by atoms with van der Waals surface area (Å²) >= 11 is 0. The number of aromatic nitrogens is 1. The highest BCUT2D eigenvalue weighted by molar-refractivity contribution is 6.00. The number of ketones is 1. The summed E-state index contributed by atoms with van der Waals surface area (Å²) in [5, 5.41) is 9.07. The molecule has 0 saturated carbocycles. The SMILES string of the molecule is CC(=O)c1ccc(NC(=O)Nc2cc(C(C)(C)C)on2)cc1.[HH].[HH]. The topological polar surface area (TPSA) is 84.2 Å². The minimum atomic E-state index is -0.427. The van der Waals surface area contributed by atoms with E-state index in [1.165, 1.54) is 6.92 Å². The van der Waals surface area contributed by atoms with E-state index < -0.39 is 6.03 Å². The Bertz CT molecular complexity index is 691. The molecule has 2 amide bonds. The summed E-state index contributed by atoms with van der Waals surface area (Å²) in [6, 6.07) is 7.92. The number of nitrogens with zero attached hydrogens (tertiary/aromatic N) is 1. The molecular formula is C16H23N3O3. The lowest BCUT2D eigenvalue weighted by molar-refractivity contribution is 0.101. The number of Topliss-reactive ketones (excluding diaryl/α,β-unsaturated/α-hetero) is 1. The molecule has 0 unspecified atom stereocenters. The van der Waals surface area contributed by atoms with Gasteiger partial charge in [0.2, 0.25) is 0 Å². The smallest absolute Gasteiger partial charge is 0.324 e. The summed E-state index contributed by atoms with van der Waals surface area (Å²) in [6.45, 7) is 7.47. The Hall–Kier alpha value is -2.63. The first-order chi connectivity index (χ1) is 10.3. The second kappa shape index (κ2) is 6.01. The third kappa shape index (κ3) is 3.94. The van der Waals surface area contributed by atoms with Crippen molar-refractivity contribution in [1.82, 2.24) is 5.16 Å². The second-order valence-electron chi connectivity index (χ2n) is 6.04. The molecule has 0 aliphatic heterocycles. The molecular weight excluding hydrogens is 282 g/mol. The van der Waals surface area contributed by atoms with Crippen molar-refractivity contribution < 1.29 is 17.0 Å². The normalized spacial score (nSPS) is 11.1. The molecule has 0 aliphatic carbocycles. The van der Waals surface area contributed by atoms with Crippen molar-refractivity contribution in [2.75, 3.05) is 10.6 Å². The van der Waals surface area contributed by atoms with Gasteiger partial charge in [-0.3, -0.25) is 10.1 Å². The van der Waals surface area contributed by atoms with Crippen molar-refractivity contribution in [3.05, 3.63) is 41.7 Å². The molecule has 1 aromatic heterocycles. The maximum atomic E-state index is 11.9. The Balaban J connectivity index is 0.00000264. The number of hydrogen-bond donors (Lipinski definition) is 2. The summed E-state index contributed by atoms with van der Waals surface area (Å²) in [4.78, 5) is 23.1. The van der Waals surface area contributed by atoms with Gasteiger partial charge in [0.25, 0.3) is 0 Å². The summed E-state index contributed by atoms with van der Waals surface area (Å²) in [7, 11) is 0. The lowest BCUT2D eigenvalue weighted by Crippen LogP contribution is -2.19. The second-order valence-corrected chi connectivity index (χ2v) is 6.04. The molecule has 0 atom stereocenters. The van der Waals surface area contributed by atoms with Crippen LogP contribution in [-0.2, 0) is 5.41 Å². The molecule has 0 radical (unpaired) electrons. The van der Waals surface area contributed by atoms with Gasteiger partial charge in [0.1, 0.15) is 5.76 Å². The molecule has 6 nitrogen and oxygen atoms in total. The first kappa shape index (κ1) is 15.8. The largest absolute Gasteiger partial charge is 0.359 e. The van der Waals surface area contributed by atoms with Crippen molar-refractivity contribution in [3.63, 3.8) is 0 Å². The molecule has 0 saturated heterocycles. The van der Waals surface area contributed by atoms with Crippen LogP contribution in [0.15, 0.2) is 34.9 Å². The molecule has 22 heavy (non-hydrogen) atoms. The number of anilines is 2. The predicted molar refractivity (Wildman–Crippen MR) is 88.5 cm³/mol. The van der Waals surface area contributed by atoms with E-state index in [9.17, 15) is 9.59 Å². The minimum absolute atomic E-state index is 0. The first-order valence-electron chi connectivity index (χ1n) is 6.92. The average molecular weight is 305 g/mol. The van der Waals surface area contributed by atoms with E-state index in [2.05, 4.69) is 15.8 Å². The highest BCUT2D eigenvalue weighted by Gasteiger charge is 2.20. The van der Waals surface area contributed by atoms with E-state index in [0.717, 1.165) is 0 Å². The van der Waals surface area contributed by atoms with Gasteiger partial charge in [-0.2, -0.15) is 0 Å². The van der Waals surface area contributed by atoms with Gasteiger partial charge in [-0.15, -0.1) is 0 Å². The summed E-state index contributed by atoms with van der Waals surface area (Å²) in [6.07, 6.45) is 0. The van der Waals surface area contributed by atoms with Gasteiger partial charge in [-0.1, -0.05) is 25.9 Å². The van der Waals surface area contributed by atoms with Crippen LogP contribution in [0.3, 0.4) is 0 Å². The molecule has 0 fully saturated rings. The lowest BCUT2D eigenvalue weighted by atomic mass is 9.93. The van der Waals surface area contributed by atoms with Crippen molar-refractivity contribution in [1.29, 1.82) is 0 Å². The van der Waals surface area contributed by atoms with E-state index in [4.69, 9.17) is 4.52 Å². The van der Waals surface area contributed by atoms with Gasteiger partial charge in [0, 0.05) is 25.6 Å². The third-order valence-electron chi connectivity index (χ3n) is 3.04. The van der Waals surface area contributed by atoms with Crippen LogP contribution in [0.1, 0.15) is 46.7 Å². The van der Waals surface area contributed by atoms with E-state index in [-0.39, 0.29) is 14.1 Å². The van der Waals surface area contributed by atoms with Crippen LogP contribution in [0.4, 0.5) is 16.3 Å². The molecule has 6 heteroatoms. The van der Waals surface area contributed by atoms with Crippen LogP contribution in [-0.4, -0.2) is 17.0 Å². The zero-order chi connectivity index (χ0) is 16.3. The molecule has 2 rings (SSSR count). The maximum absolute atomic E-state index is 11.9. The molecule has 0 aliphatic rings. The molecule has 120 valence electrons. The minimum Gasteiger partial charge on any atom is -0.359 e. The fraction of sp³-hybridized carbons (Fsp3) is 0.312. The number of urea groups is 1. The molecule has 0 bridgehead atoms. The number of nitrogens with one attached hydrogen (secondary N) is 2. The molecule has 2 N–H and O–H groups in total. The number of hydrogen-bond acceptors (Lipinski definition) is 4. The Kier molecular flexibility index (Phi) is 4.30. The van der Waals surface area contributed by atoms with Crippen molar-refractivity contribution >= 4 is 23.3 Å². The number of carbonyl (C=O) groups excluding carboxylic acids is 2. The maximum Gasteiger partial charge on any atom is 0.324 e. The van der Waals surface area contributed by atoms with Crippen molar-refractivity contribution in [2.45, 2.75) is 33.1 Å². The van der Waals surface area contributed by atoms with Gasteiger partial charge < -0.3 is 9.84 Å². The predicted octanol–water partition coefficient (Wildman–Crippen LogP) is 4.31. The van der Waals surface area contributed by atoms with Gasteiger partial charge in [0.15, 0.2) is 11.6 Å². The highest BCUT2D eigenvalue weighted by Crippen LogP contribution is 2.24. The van der Waals surface area contributed by atoms with E-state index >= 15 is 0 Å². The Morgan fingerprint density at radius 3 is 2.27 bits per heavy atom. The van der Waals surface area contributed by atoms with Crippen LogP contribution in [0.2, 0.25) is 0 Å². The summed E-state index contributed by atoms with van der Waals surface area (Å²) < 4.78 is 5.19. The fourth-order valence-corrected chi connectivity index (χ4v) is 1.75. The number of benzene rings is 1. The zero-order valence-electron chi connectivity index (χ0n) is 13.1. The van der Waals surface area contributed by atoms with Gasteiger partial charge >= 0.3 is 6.03 Å². The van der Waals surface area contributed by atoms with Crippen LogP contribution in [0, 0.1) is 0 Å². The van der Waals surface area contributed by atoms with Crippen LogP contribution in [0.25, 0.3) is 0 Å². The van der Waals surface area contributed by atoms with E-state index in [0.29, 0.717) is 22.8 Å².